The standard InChI is InChI=1S/C19H21NO3S/c21-18(17(19(22)23)12-15-9-5-2-6-10-15)20-16(13-24)11-14-7-3-1-4-8-14/h1-10,16-17,24H,11-13H2,(H,20,21)(H,22,23). The number of carbonyl (C=O) groups excluding carboxylic acids is 1. The van der Waals surface area contributed by atoms with E-state index >= 15 is 0 Å². The number of benzene rings is 2. The van der Waals surface area contributed by atoms with Gasteiger partial charge in [-0.15, -0.1) is 0 Å². The first-order valence-corrected chi connectivity index (χ1v) is 8.45. The van der Waals surface area contributed by atoms with Crippen molar-refractivity contribution in [3.05, 3.63) is 71.8 Å². The fourth-order valence-corrected chi connectivity index (χ4v) is 2.72. The van der Waals surface area contributed by atoms with Gasteiger partial charge in [-0.2, -0.15) is 12.6 Å². The maximum Gasteiger partial charge on any atom is 0.316 e. The molecule has 1 amide bonds. The van der Waals surface area contributed by atoms with Gasteiger partial charge >= 0.3 is 5.97 Å². The van der Waals surface area contributed by atoms with E-state index in [4.69, 9.17) is 0 Å². The zero-order valence-electron chi connectivity index (χ0n) is 13.3. The third kappa shape index (κ3) is 5.42. The Morgan fingerprint density at radius 1 is 0.917 bits per heavy atom. The summed E-state index contributed by atoms with van der Waals surface area (Å²) < 4.78 is 0. The van der Waals surface area contributed by atoms with Crippen molar-refractivity contribution >= 4 is 24.5 Å². The van der Waals surface area contributed by atoms with Gasteiger partial charge in [0.15, 0.2) is 0 Å². The Morgan fingerprint density at radius 3 is 1.88 bits per heavy atom. The van der Waals surface area contributed by atoms with E-state index in [9.17, 15) is 14.7 Å². The molecule has 126 valence electrons. The number of carboxylic acids is 1. The van der Waals surface area contributed by atoms with Crippen LogP contribution in [0.2, 0.25) is 0 Å². The summed E-state index contributed by atoms with van der Waals surface area (Å²) in [5, 5.41) is 12.2. The van der Waals surface area contributed by atoms with E-state index in [1.54, 1.807) is 0 Å². The fourth-order valence-electron chi connectivity index (χ4n) is 2.50. The van der Waals surface area contributed by atoms with Crippen molar-refractivity contribution < 1.29 is 14.7 Å². The molecule has 0 aromatic heterocycles. The van der Waals surface area contributed by atoms with Gasteiger partial charge in [0.05, 0.1) is 0 Å². The van der Waals surface area contributed by atoms with Gasteiger partial charge in [-0.3, -0.25) is 9.59 Å². The van der Waals surface area contributed by atoms with Crippen molar-refractivity contribution in [3.63, 3.8) is 0 Å². The van der Waals surface area contributed by atoms with Crippen LogP contribution in [0.4, 0.5) is 0 Å². The highest BCUT2D eigenvalue weighted by atomic mass is 32.1. The summed E-state index contributed by atoms with van der Waals surface area (Å²) in [4.78, 5) is 23.9. The number of rotatable bonds is 8. The molecule has 0 aliphatic heterocycles. The summed E-state index contributed by atoms with van der Waals surface area (Å²) in [5.41, 5.74) is 1.90. The van der Waals surface area contributed by atoms with Gasteiger partial charge in [0.25, 0.3) is 0 Å². The van der Waals surface area contributed by atoms with Gasteiger partial charge in [-0.25, -0.2) is 0 Å². The Hall–Kier alpha value is -2.27. The first-order valence-electron chi connectivity index (χ1n) is 7.82. The van der Waals surface area contributed by atoms with Crippen molar-refractivity contribution in [1.82, 2.24) is 5.32 Å². The number of hydrogen-bond acceptors (Lipinski definition) is 3. The van der Waals surface area contributed by atoms with E-state index < -0.39 is 17.8 Å². The maximum absolute atomic E-state index is 12.4. The molecule has 24 heavy (non-hydrogen) atoms. The monoisotopic (exact) mass is 343 g/mol. The predicted molar refractivity (Wildman–Crippen MR) is 97.2 cm³/mol. The number of nitrogens with one attached hydrogen (secondary N) is 1. The van der Waals surface area contributed by atoms with Crippen LogP contribution < -0.4 is 5.32 Å². The summed E-state index contributed by atoms with van der Waals surface area (Å²) in [6, 6.07) is 18.7. The van der Waals surface area contributed by atoms with Crippen LogP contribution in [0.15, 0.2) is 60.7 Å². The zero-order chi connectivity index (χ0) is 17.4. The number of hydrogen-bond donors (Lipinski definition) is 3. The molecule has 4 nitrogen and oxygen atoms in total. The van der Waals surface area contributed by atoms with Crippen LogP contribution in [0.25, 0.3) is 0 Å². The largest absolute Gasteiger partial charge is 0.481 e. The van der Waals surface area contributed by atoms with E-state index in [0.29, 0.717) is 12.2 Å². The average Bonchev–Trinajstić information content (AvgIpc) is 2.60. The summed E-state index contributed by atoms with van der Waals surface area (Å²) in [5.74, 6) is -2.25. The molecule has 0 radical (unpaired) electrons. The third-order valence-electron chi connectivity index (χ3n) is 3.79. The molecule has 2 rings (SSSR count). The van der Waals surface area contributed by atoms with E-state index in [-0.39, 0.29) is 12.5 Å². The summed E-state index contributed by atoms with van der Waals surface area (Å²) in [6.07, 6.45) is 0.792. The molecule has 0 bridgehead atoms. The lowest BCUT2D eigenvalue weighted by atomic mass is 9.97. The molecule has 2 aromatic carbocycles. The van der Waals surface area contributed by atoms with Gasteiger partial charge < -0.3 is 10.4 Å². The second-order valence-corrected chi connectivity index (χ2v) is 6.02. The van der Waals surface area contributed by atoms with Crippen LogP contribution >= 0.6 is 12.6 Å². The summed E-state index contributed by atoms with van der Waals surface area (Å²) >= 11 is 4.28. The number of thiol groups is 1. The van der Waals surface area contributed by atoms with Gasteiger partial charge in [-0.1, -0.05) is 60.7 Å². The minimum absolute atomic E-state index is 0.173. The highest BCUT2D eigenvalue weighted by Gasteiger charge is 2.28. The Bertz CT molecular complexity index is 661. The highest BCUT2D eigenvalue weighted by molar-refractivity contribution is 7.80. The lowest BCUT2D eigenvalue weighted by molar-refractivity contribution is -0.147. The van der Waals surface area contributed by atoms with Gasteiger partial charge in [0.1, 0.15) is 5.92 Å². The molecule has 0 aliphatic carbocycles. The summed E-state index contributed by atoms with van der Waals surface area (Å²) in [7, 11) is 0. The molecule has 0 saturated heterocycles. The predicted octanol–water partition coefficient (Wildman–Crippen LogP) is 2.59. The van der Waals surface area contributed by atoms with Crippen LogP contribution in [-0.2, 0) is 22.4 Å². The van der Waals surface area contributed by atoms with Crippen LogP contribution in [0.1, 0.15) is 11.1 Å². The Kier molecular flexibility index (Phi) is 6.88. The minimum Gasteiger partial charge on any atom is -0.481 e. The SMILES string of the molecule is O=C(O)C(Cc1ccccc1)C(=O)NC(CS)Cc1ccccc1. The van der Waals surface area contributed by atoms with Gasteiger partial charge in [0, 0.05) is 11.8 Å². The second-order valence-electron chi connectivity index (χ2n) is 5.66. The second kappa shape index (κ2) is 9.13. The van der Waals surface area contributed by atoms with Crippen molar-refractivity contribution in [2.45, 2.75) is 18.9 Å². The average molecular weight is 343 g/mol. The number of carbonyl (C=O) groups is 2. The minimum atomic E-state index is -1.12. The van der Waals surface area contributed by atoms with Crippen molar-refractivity contribution in [2.24, 2.45) is 5.92 Å². The maximum atomic E-state index is 12.4. The molecule has 0 aliphatic rings. The van der Waals surface area contributed by atoms with E-state index in [1.165, 1.54) is 0 Å². The lowest BCUT2D eigenvalue weighted by Crippen LogP contribution is -2.44. The quantitative estimate of drug-likeness (QED) is 0.510. The lowest BCUT2D eigenvalue weighted by Gasteiger charge is -2.20. The van der Waals surface area contributed by atoms with Crippen molar-refractivity contribution in [2.75, 3.05) is 5.75 Å². The molecule has 2 unspecified atom stereocenters. The van der Waals surface area contributed by atoms with Crippen LogP contribution in [0.3, 0.4) is 0 Å². The summed E-state index contributed by atoms with van der Waals surface area (Å²) in [6.45, 7) is 0. The smallest absolute Gasteiger partial charge is 0.316 e. The third-order valence-corrected chi connectivity index (χ3v) is 4.23. The van der Waals surface area contributed by atoms with Crippen molar-refractivity contribution in [3.8, 4) is 0 Å². The molecule has 0 heterocycles. The van der Waals surface area contributed by atoms with Crippen LogP contribution in [0.5, 0.6) is 0 Å². The first-order chi connectivity index (χ1) is 11.6. The molecular weight excluding hydrogens is 322 g/mol. The number of aliphatic carboxylic acids is 1. The van der Waals surface area contributed by atoms with E-state index in [1.807, 2.05) is 60.7 Å². The van der Waals surface area contributed by atoms with E-state index in [2.05, 4.69) is 17.9 Å². The van der Waals surface area contributed by atoms with Gasteiger partial charge in [0.2, 0.25) is 5.91 Å². The van der Waals surface area contributed by atoms with E-state index in [0.717, 1.165) is 11.1 Å². The Morgan fingerprint density at radius 2 is 1.42 bits per heavy atom. The normalized spacial score (nSPS) is 13.0. The zero-order valence-corrected chi connectivity index (χ0v) is 14.2. The number of carboxylic acid groups (broad SMARTS) is 1. The number of amides is 1. The fraction of sp³-hybridized carbons (Fsp3) is 0.263. The van der Waals surface area contributed by atoms with Crippen LogP contribution in [0, 0.1) is 5.92 Å². The van der Waals surface area contributed by atoms with Gasteiger partial charge in [-0.05, 0) is 24.0 Å². The molecule has 0 saturated carbocycles. The molecular formula is C19H21NO3S. The molecule has 0 fully saturated rings. The Labute approximate surface area is 147 Å². The molecule has 0 spiro atoms. The Balaban J connectivity index is 2.01. The topological polar surface area (TPSA) is 66.4 Å². The molecule has 2 atom stereocenters. The molecule has 5 heteroatoms. The molecule has 2 aromatic rings. The first kappa shape index (κ1) is 18.1. The van der Waals surface area contributed by atoms with Crippen molar-refractivity contribution in [1.29, 1.82) is 0 Å². The van der Waals surface area contributed by atoms with Crippen LogP contribution in [-0.4, -0.2) is 28.8 Å². The molecule has 2 N–H and O–H groups in total. The highest BCUT2D eigenvalue weighted by Crippen LogP contribution is 2.11.